The molecule has 1 aromatic carbocycles. The second-order valence-corrected chi connectivity index (χ2v) is 5.82. The van der Waals surface area contributed by atoms with Gasteiger partial charge in [-0.25, -0.2) is 0 Å². The Balaban J connectivity index is 1.70. The van der Waals surface area contributed by atoms with Gasteiger partial charge in [-0.2, -0.15) is 0 Å². The standard InChI is InChI=1S/C13H16ClN3O2/c14-12-2-1-9(3-13(12)17(18)19)6-16-7-10-4-15-5-11(10)8-16/h1-3,10-11,15H,4-8H2. The molecule has 2 fully saturated rings. The number of fused-ring (bicyclic) bond motifs is 1. The molecule has 1 N–H and O–H groups in total. The summed E-state index contributed by atoms with van der Waals surface area (Å²) in [6, 6.07) is 5.09. The third-order valence-corrected chi connectivity index (χ3v) is 4.40. The van der Waals surface area contributed by atoms with E-state index >= 15 is 0 Å². The third kappa shape index (κ3) is 2.59. The zero-order chi connectivity index (χ0) is 13.4. The van der Waals surface area contributed by atoms with Crippen molar-refractivity contribution in [1.82, 2.24) is 10.2 Å². The van der Waals surface area contributed by atoms with Gasteiger partial charge >= 0.3 is 0 Å². The lowest BCUT2D eigenvalue weighted by molar-refractivity contribution is -0.384. The highest BCUT2D eigenvalue weighted by molar-refractivity contribution is 6.32. The van der Waals surface area contributed by atoms with Gasteiger partial charge in [0.2, 0.25) is 0 Å². The molecule has 6 heteroatoms. The van der Waals surface area contributed by atoms with Crippen molar-refractivity contribution in [3.8, 4) is 0 Å². The molecular formula is C13H16ClN3O2. The zero-order valence-corrected chi connectivity index (χ0v) is 11.3. The number of rotatable bonds is 3. The molecular weight excluding hydrogens is 266 g/mol. The van der Waals surface area contributed by atoms with Crippen molar-refractivity contribution < 1.29 is 4.92 Å². The van der Waals surface area contributed by atoms with E-state index in [1.807, 2.05) is 6.07 Å². The normalized spacial score (nSPS) is 26.6. The molecule has 0 radical (unpaired) electrons. The van der Waals surface area contributed by atoms with Crippen molar-refractivity contribution in [2.45, 2.75) is 6.54 Å². The van der Waals surface area contributed by atoms with E-state index in [9.17, 15) is 10.1 Å². The van der Waals surface area contributed by atoms with Crippen LogP contribution in [0.5, 0.6) is 0 Å². The number of nitro benzene ring substituents is 1. The maximum absolute atomic E-state index is 10.9. The lowest BCUT2D eigenvalue weighted by atomic mass is 10.0. The maximum atomic E-state index is 10.9. The van der Waals surface area contributed by atoms with Crippen LogP contribution in [0.25, 0.3) is 0 Å². The first-order valence-corrected chi connectivity index (χ1v) is 6.87. The van der Waals surface area contributed by atoms with Crippen LogP contribution in [0.1, 0.15) is 5.56 Å². The molecule has 0 amide bonds. The van der Waals surface area contributed by atoms with E-state index in [-0.39, 0.29) is 10.7 Å². The van der Waals surface area contributed by atoms with Crippen molar-refractivity contribution in [2.75, 3.05) is 26.2 Å². The minimum absolute atomic E-state index is 0.000208. The number of nitro groups is 1. The van der Waals surface area contributed by atoms with Gasteiger partial charge in [0.25, 0.3) is 5.69 Å². The first-order chi connectivity index (χ1) is 9.13. The molecule has 2 unspecified atom stereocenters. The Hall–Kier alpha value is -1.17. The van der Waals surface area contributed by atoms with Crippen LogP contribution < -0.4 is 5.32 Å². The molecule has 0 aliphatic carbocycles. The second kappa shape index (κ2) is 5.07. The van der Waals surface area contributed by atoms with Gasteiger partial charge in [0.1, 0.15) is 5.02 Å². The van der Waals surface area contributed by atoms with E-state index in [2.05, 4.69) is 10.2 Å². The highest BCUT2D eigenvalue weighted by Crippen LogP contribution is 2.29. The number of nitrogens with one attached hydrogen (secondary N) is 1. The molecule has 102 valence electrons. The summed E-state index contributed by atoms with van der Waals surface area (Å²) < 4.78 is 0. The average Bonchev–Trinajstić information content (AvgIpc) is 2.91. The predicted molar refractivity (Wildman–Crippen MR) is 73.2 cm³/mol. The summed E-state index contributed by atoms with van der Waals surface area (Å²) in [6.45, 7) is 5.12. The van der Waals surface area contributed by atoms with Gasteiger partial charge in [-0.15, -0.1) is 0 Å². The van der Waals surface area contributed by atoms with Gasteiger partial charge in [0, 0.05) is 25.7 Å². The molecule has 0 spiro atoms. The van der Waals surface area contributed by atoms with Gasteiger partial charge in [-0.05, 0) is 36.6 Å². The molecule has 0 bridgehead atoms. The number of likely N-dealkylation sites (tertiary alicyclic amines) is 1. The molecule has 2 heterocycles. The lowest BCUT2D eigenvalue weighted by Gasteiger charge is -2.16. The summed E-state index contributed by atoms with van der Waals surface area (Å²) in [4.78, 5) is 12.8. The largest absolute Gasteiger partial charge is 0.316 e. The topological polar surface area (TPSA) is 58.4 Å². The average molecular weight is 282 g/mol. The fourth-order valence-electron chi connectivity index (χ4n) is 3.14. The summed E-state index contributed by atoms with van der Waals surface area (Å²) in [5.74, 6) is 1.48. The molecule has 2 aliphatic rings. The third-order valence-electron chi connectivity index (χ3n) is 4.08. The van der Waals surface area contributed by atoms with Gasteiger partial charge in [-0.3, -0.25) is 15.0 Å². The molecule has 0 saturated carbocycles. The van der Waals surface area contributed by atoms with Crippen LogP contribution in [0.15, 0.2) is 18.2 Å². The Morgan fingerprint density at radius 2 is 2.05 bits per heavy atom. The number of hydrogen-bond acceptors (Lipinski definition) is 4. The lowest BCUT2D eigenvalue weighted by Crippen LogP contribution is -2.25. The summed E-state index contributed by atoms with van der Waals surface area (Å²) in [5, 5.41) is 14.5. The smallest absolute Gasteiger partial charge is 0.288 e. The first-order valence-electron chi connectivity index (χ1n) is 6.49. The van der Waals surface area contributed by atoms with Crippen LogP contribution in [0.3, 0.4) is 0 Å². The van der Waals surface area contributed by atoms with Crippen LogP contribution in [0.2, 0.25) is 5.02 Å². The fraction of sp³-hybridized carbons (Fsp3) is 0.538. The maximum Gasteiger partial charge on any atom is 0.288 e. The number of nitrogens with zero attached hydrogens (tertiary/aromatic N) is 2. The first kappa shape index (κ1) is 12.8. The van der Waals surface area contributed by atoms with Gasteiger partial charge in [0.05, 0.1) is 4.92 Å². The second-order valence-electron chi connectivity index (χ2n) is 5.42. The SMILES string of the molecule is O=[N+]([O-])c1cc(CN2CC3CNCC3C2)ccc1Cl. The van der Waals surface area contributed by atoms with E-state index in [0.717, 1.165) is 50.1 Å². The van der Waals surface area contributed by atoms with E-state index < -0.39 is 4.92 Å². The molecule has 5 nitrogen and oxygen atoms in total. The monoisotopic (exact) mass is 281 g/mol. The number of benzene rings is 1. The van der Waals surface area contributed by atoms with Crippen LogP contribution in [-0.2, 0) is 6.54 Å². The Labute approximate surface area is 116 Å². The number of hydrogen-bond donors (Lipinski definition) is 1. The Morgan fingerprint density at radius 3 is 2.68 bits per heavy atom. The van der Waals surface area contributed by atoms with E-state index in [1.165, 1.54) is 0 Å². The Bertz CT molecular complexity index is 497. The minimum Gasteiger partial charge on any atom is -0.316 e. The Morgan fingerprint density at radius 1 is 1.37 bits per heavy atom. The van der Waals surface area contributed by atoms with E-state index in [0.29, 0.717) is 0 Å². The molecule has 1 aromatic rings. The predicted octanol–water partition coefficient (Wildman–Crippen LogP) is 1.90. The van der Waals surface area contributed by atoms with Crippen molar-refractivity contribution in [2.24, 2.45) is 11.8 Å². The molecule has 2 aliphatic heterocycles. The van der Waals surface area contributed by atoms with E-state index in [1.54, 1.807) is 12.1 Å². The summed E-state index contributed by atoms with van der Waals surface area (Å²) in [7, 11) is 0. The fourth-order valence-corrected chi connectivity index (χ4v) is 3.32. The molecule has 19 heavy (non-hydrogen) atoms. The Kier molecular flexibility index (Phi) is 3.43. The van der Waals surface area contributed by atoms with Crippen LogP contribution in [0.4, 0.5) is 5.69 Å². The van der Waals surface area contributed by atoms with Crippen LogP contribution in [0, 0.1) is 22.0 Å². The quantitative estimate of drug-likeness (QED) is 0.679. The molecule has 3 rings (SSSR count). The molecule has 0 aromatic heterocycles. The molecule has 2 saturated heterocycles. The highest BCUT2D eigenvalue weighted by atomic mass is 35.5. The van der Waals surface area contributed by atoms with Crippen molar-refractivity contribution >= 4 is 17.3 Å². The van der Waals surface area contributed by atoms with Crippen molar-refractivity contribution in [3.63, 3.8) is 0 Å². The minimum atomic E-state index is -0.422. The summed E-state index contributed by atoms with van der Waals surface area (Å²) >= 11 is 5.82. The van der Waals surface area contributed by atoms with E-state index in [4.69, 9.17) is 11.6 Å². The molecule has 2 atom stereocenters. The van der Waals surface area contributed by atoms with Crippen molar-refractivity contribution in [3.05, 3.63) is 38.9 Å². The summed E-state index contributed by atoms with van der Waals surface area (Å²) in [5.41, 5.74) is 0.962. The number of halogens is 1. The van der Waals surface area contributed by atoms with Gasteiger partial charge < -0.3 is 5.32 Å². The van der Waals surface area contributed by atoms with Gasteiger partial charge in [-0.1, -0.05) is 17.7 Å². The van der Waals surface area contributed by atoms with Crippen LogP contribution in [-0.4, -0.2) is 36.0 Å². The van der Waals surface area contributed by atoms with Crippen molar-refractivity contribution in [1.29, 1.82) is 0 Å². The zero-order valence-electron chi connectivity index (χ0n) is 10.5. The van der Waals surface area contributed by atoms with Gasteiger partial charge in [0.15, 0.2) is 0 Å². The van der Waals surface area contributed by atoms with Crippen LogP contribution >= 0.6 is 11.6 Å². The summed E-state index contributed by atoms with van der Waals surface area (Å²) in [6.07, 6.45) is 0. The highest BCUT2D eigenvalue weighted by Gasteiger charge is 2.35.